The Morgan fingerprint density at radius 3 is 2.61 bits per heavy atom. The number of nitrogens with one attached hydrogen (secondary N) is 2. The molecule has 0 saturated carbocycles. The lowest BCUT2D eigenvalue weighted by atomic mass is 10.1. The van der Waals surface area contributed by atoms with Crippen molar-refractivity contribution in [3.63, 3.8) is 0 Å². The average molecular weight is 565 g/mol. The van der Waals surface area contributed by atoms with Crippen molar-refractivity contribution in [1.82, 2.24) is 9.97 Å². The highest BCUT2D eigenvalue weighted by atomic mass is 127. The molecule has 0 aliphatic rings. The van der Waals surface area contributed by atoms with Crippen molar-refractivity contribution in [3.05, 3.63) is 57.1 Å². The van der Waals surface area contributed by atoms with Crippen LogP contribution in [0.5, 0.6) is 5.75 Å². The molecule has 0 aliphatic carbocycles. The number of alkyl halides is 3. The molecule has 11 heteroatoms. The molecule has 0 aliphatic heterocycles. The second-order valence-electron chi connectivity index (χ2n) is 6.51. The van der Waals surface area contributed by atoms with Crippen LogP contribution in [-0.4, -0.2) is 34.1 Å². The van der Waals surface area contributed by atoms with Gasteiger partial charge in [0.05, 0.1) is 23.0 Å². The van der Waals surface area contributed by atoms with Gasteiger partial charge >= 0.3 is 6.36 Å². The Kier molecular flexibility index (Phi) is 7.44. The zero-order valence-corrected chi connectivity index (χ0v) is 19.0. The lowest BCUT2D eigenvalue weighted by Crippen LogP contribution is -2.21. The molecular formula is C20H17ClF3IN4O2. The summed E-state index contributed by atoms with van der Waals surface area (Å²) in [5.41, 5.74) is 1.34. The Labute approximate surface area is 195 Å². The van der Waals surface area contributed by atoms with Crippen molar-refractivity contribution < 1.29 is 23.0 Å². The van der Waals surface area contributed by atoms with E-state index in [1.807, 2.05) is 6.07 Å². The van der Waals surface area contributed by atoms with E-state index in [0.29, 0.717) is 27.8 Å². The van der Waals surface area contributed by atoms with Crippen LogP contribution in [0, 0.1) is 3.57 Å². The molecule has 1 heterocycles. The first-order valence-corrected chi connectivity index (χ1v) is 10.4. The fourth-order valence-electron chi connectivity index (χ4n) is 2.57. The number of anilines is 3. The van der Waals surface area contributed by atoms with Gasteiger partial charge in [-0.1, -0.05) is 23.7 Å². The predicted octanol–water partition coefficient (Wildman–Crippen LogP) is 5.84. The van der Waals surface area contributed by atoms with Gasteiger partial charge < -0.3 is 20.5 Å². The second-order valence-corrected chi connectivity index (χ2v) is 8.17. The van der Waals surface area contributed by atoms with Crippen LogP contribution in [0.1, 0.15) is 6.92 Å². The summed E-state index contributed by atoms with van der Waals surface area (Å²) in [6.07, 6.45) is -4.80. The van der Waals surface area contributed by atoms with Gasteiger partial charge in [0, 0.05) is 21.2 Å². The molecule has 0 spiro atoms. The molecule has 3 aromatic rings. The monoisotopic (exact) mass is 564 g/mol. The minimum atomic E-state index is -4.80. The molecule has 0 radical (unpaired) electrons. The number of hydrogen-bond acceptors (Lipinski definition) is 6. The Morgan fingerprint density at radius 1 is 1.16 bits per heavy atom. The minimum absolute atomic E-state index is 0.159. The van der Waals surface area contributed by atoms with Crippen molar-refractivity contribution in [2.24, 2.45) is 0 Å². The van der Waals surface area contributed by atoms with Gasteiger partial charge in [-0.05, 0) is 59.8 Å². The SMILES string of the molecule is C[C@H](CO)Nc1nc(Nc2ccc(I)cc2Cl)cc(-c2cccc(OC(F)(F)F)c2)n1. The lowest BCUT2D eigenvalue weighted by molar-refractivity contribution is -0.274. The highest BCUT2D eigenvalue weighted by molar-refractivity contribution is 14.1. The number of aliphatic hydroxyl groups excluding tert-OH is 1. The van der Waals surface area contributed by atoms with E-state index in [2.05, 4.69) is 47.9 Å². The molecule has 3 N–H and O–H groups in total. The summed E-state index contributed by atoms with van der Waals surface area (Å²) in [4.78, 5) is 8.73. The summed E-state index contributed by atoms with van der Waals surface area (Å²) < 4.78 is 42.7. The zero-order valence-electron chi connectivity index (χ0n) is 16.0. The largest absolute Gasteiger partial charge is 0.573 e. The Hall–Kier alpha value is -2.31. The number of aromatic nitrogens is 2. The molecule has 3 rings (SSSR count). The summed E-state index contributed by atoms with van der Waals surface area (Å²) >= 11 is 8.42. The van der Waals surface area contributed by atoms with Crippen LogP contribution in [0.25, 0.3) is 11.3 Å². The quantitative estimate of drug-likeness (QED) is 0.313. The van der Waals surface area contributed by atoms with Crippen molar-refractivity contribution in [2.75, 3.05) is 17.2 Å². The number of ether oxygens (including phenoxy) is 1. The molecule has 0 unspecified atom stereocenters. The zero-order chi connectivity index (χ0) is 22.6. The van der Waals surface area contributed by atoms with E-state index in [0.717, 1.165) is 3.57 Å². The molecule has 0 amide bonds. The number of hydrogen-bond donors (Lipinski definition) is 3. The molecule has 0 bridgehead atoms. The highest BCUT2D eigenvalue weighted by Gasteiger charge is 2.31. The Bertz CT molecular complexity index is 1070. The van der Waals surface area contributed by atoms with Crippen LogP contribution in [0.15, 0.2) is 48.5 Å². The van der Waals surface area contributed by atoms with Crippen LogP contribution in [0.4, 0.5) is 30.6 Å². The second kappa shape index (κ2) is 9.88. The average Bonchev–Trinajstić information content (AvgIpc) is 2.69. The van der Waals surface area contributed by atoms with Gasteiger partial charge in [0.1, 0.15) is 11.6 Å². The number of rotatable bonds is 7. The maximum atomic E-state index is 12.6. The van der Waals surface area contributed by atoms with Gasteiger partial charge in [0.15, 0.2) is 0 Å². The van der Waals surface area contributed by atoms with Crippen LogP contribution in [0.2, 0.25) is 5.02 Å². The highest BCUT2D eigenvalue weighted by Crippen LogP contribution is 2.31. The molecule has 1 aromatic heterocycles. The fraction of sp³-hybridized carbons (Fsp3) is 0.200. The molecule has 0 saturated heterocycles. The van der Waals surface area contributed by atoms with E-state index < -0.39 is 6.36 Å². The Morgan fingerprint density at radius 2 is 1.94 bits per heavy atom. The first-order chi connectivity index (χ1) is 14.6. The van der Waals surface area contributed by atoms with Crippen molar-refractivity contribution in [2.45, 2.75) is 19.3 Å². The third kappa shape index (κ3) is 6.84. The normalized spacial score (nSPS) is 12.4. The van der Waals surface area contributed by atoms with E-state index >= 15 is 0 Å². The van der Waals surface area contributed by atoms with Crippen LogP contribution in [-0.2, 0) is 0 Å². The summed E-state index contributed by atoms with van der Waals surface area (Å²) in [6, 6.07) is 12.1. The number of benzene rings is 2. The van der Waals surface area contributed by atoms with E-state index in [4.69, 9.17) is 11.6 Å². The third-order valence-electron chi connectivity index (χ3n) is 3.93. The standard InChI is InChI=1S/C20H17ClF3IN4O2/c1-11(10-30)26-19-28-17(12-3-2-4-14(7-12)31-20(22,23)24)9-18(29-19)27-16-6-5-13(25)8-15(16)21/h2-9,11,30H,10H2,1H3,(H2,26,27,28,29)/t11-/m1/s1. The summed E-state index contributed by atoms with van der Waals surface area (Å²) in [6.45, 7) is 1.57. The first kappa shape index (κ1) is 23.4. The first-order valence-electron chi connectivity index (χ1n) is 8.97. The Balaban J connectivity index is 2.00. The van der Waals surface area contributed by atoms with E-state index in [1.54, 1.807) is 31.2 Å². The summed E-state index contributed by atoms with van der Waals surface area (Å²) in [7, 11) is 0. The maximum absolute atomic E-state index is 12.6. The van der Waals surface area contributed by atoms with E-state index in [9.17, 15) is 18.3 Å². The fourth-order valence-corrected chi connectivity index (χ4v) is 3.47. The van der Waals surface area contributed by atoms with Crippen molar-refractivity contribution in [3.8, 4) is 17.0 Å². The smallest absolute Gasteiger partial charge is 0.406 e. The topological polar surface area (TPSA) is 79.3 Å². The maximum Gasteiger partial charge on any atom is 0.573 e. The van der Waals surface area contributed by atoms with Gasteiger partial charge in [-0.3, -0.25) is 0 Å². The number of nitrogens with zero attached hydrogens (tertiary/aromatic N) is 2. The van der Waals surface area contributed by atoms with Crippen LogP contribution >= 0.6 is 34.2 Å². The van der Waals surface area contributed by atoms with Gasteiger partial charge in [0.25, 0.3) is 0 Å². The summed E-state index contributed by atoms with van der Waals surface area (Å²) in [5.74, 6) is 0.185. The van der Waals surface area contributed by atoms with Crippen LogP contribution < -0.4 is 15.4 Å². The number of aliphatic hydroxyl groups is 1. The third-order valence-corrected chi connectivity index (χ3v) is 4.92. The molecule has 6 nitrogen and oxygen atoms in total. The van der Waals surface area contributed by atoms with Gasteiger partial charge in [-0.25, -0.2) is 4.98 Å². The van der Waals surface area contributed by atoms with Gasteiger partial charge in [-0.2, -0.15) is 4.98 Å². The molecule has 1 atom stereocenters. The van der Waals surface area contributed by atoms with E-state index in [1.165, 1.54) is 18.2 Å². The predicted molar refractivity (Wildman–Crippen MR) is 122 cm³/mol. The van der Waals surface area contributed by atoms with E-state index in [-0.39, 0.29) is 24.3 Å². The van der Waals surface area contributed by atoms with Crippen molar-refractivity contribution in [1.29, 1.82) is 0 Å². The van der Waals surface area contributed by atoms with Crippen LogP contribution in [0.3, 0.4) is 0 Å². The molecule has 0 fully saturated rings. The van der Waals surface area contributed by atoms with Crippen molar-refractivity contribution >= 4 is 51.6 Å². The molecular weight excluding hydrogens is 548 g/mol. The van der Waals surface area contributed by atoms with Gasteiger partial charge in [-0.15, -0.1) is 13.2 Å². The van der Waals surface area contributed by atoms with Gasteiger partial charge in [0.2, 0.25) is 5.95 Å². The lowest BCUT2D eigenvalue weighted by Gasteiger charge is -2.15. The molecule has 31 heavy (non-hydrogen) atoms. The minimum Gasteiger partial charge on any atom is -0.406 e. The number of halogens is 5. The molecule has 164 valence electrons. The summed E-state index contributed by atoms with van der Waals surface area (Å²) in [5, 5.41) is 15.8. The molecule has 2 aromatic carbocycles.